The van der Waals surface area contributed by atoms with Crippen LogP contribution in [-0.4, -0.2) is 80.7 Å². The van der Waals surface area contributed by atoms with E-state index in [-0.39, 0.29) is 23.7 Å². The van der Waals surface area contributed by atoms with Crippen LogP contribution in [-0.2, 0) is 14.3 Å². The minimum Gasteiger partial charge on any atom is -0.475 e. The predicted molar refractivity (Wildman–Crippen MR) is 112 cm³/mol. The number of aliphatic hydroxyl groups excluding tert-OH is 3. The van der Waals surface area contributed by atoms with Crippen LogP contribution < -0.4 is 5.73 Å². The van der Waals surface area contributed by atoms with Crippen LogP contribution in [0, 0.1) is 39.9 Å². The average Bonchev–Trinajstić information content (AvgIpc) is 2.87. The molecule has 6 fully saturated rings. The Labute approximate surface area is 200 Å². The standard InChI is InChI=1S/C21H33NO6.C2HF3O2/c1-18(2)7-5-13(23)19-9-28-21(27,17(26)14(18)19)20-12(19)4-3-10(15(20)24)11(6-8-22)16(20)25;3-2(4,5)1(6)7/h10-15,17,23-24,26-27H,3-9,22H2,1-2H3;(H,6,7)/t10-,11-,12-,13-,14+,15+,17-,19+,20+,21+;/m0./s1. The van der Waals surface area contributed by atoms with Crippen molar-refractivity contribution in [2.45, 2.75) is 76.2 Å². The van der Waals surface area contributed by atoms with Crippen molar-refractivity contribution >= 4 is 11.8 Å². The number of nitrogens with two attached hydrogens (primary N) is 1. The van der Waals surface area contributed by atoms with Gasteiger partial charge in [0.1, 0.15) is 11.5 Å². The Balaban J connectivity index is 0.000000364. The van der Waals surface area contributed by atoms with E-state index in [2.05, 4.69) is 13.8 Å². The quantitative estimate of drug-likeness (QED) is 0.309. The molecule has 200 valence electrons. The number of hydrogen-bond acceptors (Lipinski definition) is 8. The number of carboxylic acids is 1. The topological polar surface area (TPSA) is 171 Å². The number of halogens is 3. The zero-order chi connectivity index (χ0) is 26.4. The number of hydrogen-bond donors (Lipinski definition) is 6. The molecule has 4 aliphatic carbocycles. The number of aliphatic hydroxyl groups is 4. The Morgan fingerprint density at radius 3 is 2.29 bits per heavy atom. The van der Waals surface area contributed by atoms with Gasteiger partial charge >= 0.3 is 12.1 Å². The van der Waals surface area contributed by atoms with Crippen molar-refractivity contribution in [3.8, 4) is 0 Å². The fraction of sp³-hybridized carbons (Fsp3) is 0.913. The fourth-order valence-corrected chi connectivity index (χ4v) is 8.62. The Hall–Kier alpha value is -1.31. The third-order valence-electron chi connectivity index (χ3n) is 9.80. The van der Waals surface area contributed by atoms with Crippen LogP contribution in [0.2, 0.25) is 0 Å². The molecule has 6 rings (SSSR count). The van der Waals surface area contributed by atoms with Crippen LogP contribution >= 0.6 is 0 Å². The number of ether oxygens (including phenoxy) is 1. The van der Waals surface area contributed by atoms with Gasteiger partial charge in [-0.25, -0.2) is 4.79 Å². The predicted octanol–water partition coefficient (Wildman–Crippen LogP) is 0.418. The van der Waals surface area contributed by atoms with E-state index in [1.54, 1.807) is 0 Å². The van der Waals surface area contributed by atoms with Crippen molar-refractivity contribution in [1.82, 2.24) is 0 Å². The monoisotopic (exact) mass is 509 g/mol. The molecule has 12 heteroatoms. The minimum atomic E-state index is -5.08. The highest BCUT2D eigenvalue weighted by atomic mass is 19.4. The molecule has 2 saturated heterocycles. The summed E-state index contributed by atoms with van der Waals surface area (Å²) in [6.45, 7) is 4.54. The van der Waals surface area contributed by atoms with Gasteiger partial charge < -0.3 is 36.0 Å². The highest BCUT2D eigenvalue weighted by Crippen LogP contribution is 2.76. The van der Waals surface area contributed by atoms with Crippen molar-refractivity contribution in [3.63, 3.8) is 0 Å². The van der Waals surface area contributed by atoms with Crippen LogP contribution in [0.1, 0.15) is 46.0 Å². The second-order valence-corrected chi connectivity index (χ2v) is 11.5. The normalized spacial score (nSPS) is 49.5. The first-order chi connectivity index (χ1) is 16.0. The molecular weight excluding hydrogens is 475 g/mol. The van der Waals surface area contributed by atoms with Gasteiger partial charge in [-0.3, -0.25) is 4.79 Å². The number of carboxylic acid groups (broad SMARTS) is 1. The van der Waals surface area contributed by atoms with E-state index in [4.69, 9.17) is 20.4 Å². The van der Waals surface area contributed by atoms with Crippen LogP contribution in [0.3, 0.4) is 0 Å². The van der Waals surface area contributed by atoms with Gasteiger partial charge in [-0.15, -0.1) is 0 Å². The second-order valence-electron chi connectivity index (χ2n) is 11.5. The van der Waals surface area contributed by atoms with Gasteiger partial charge in [0.25, 0.3) is 0 Å². The number of carbonyl (C=O) groups excluding carboxylic acids is 1. The maximum Gasteiger partial charge on any atom is 0.490 e. The van der Waals surface area contributed by atoms with Gasteiger partial charge in [0.05, 0.1) is 18.8 Å². The molecule has 2 heterocycles. The van der Waals surface area contributed by atoms with Crippen molar-refractivity contribution in [2.75, 3.05) is 13.2 Å². The number of rotatable bonds is 2. The van der Waals surface area contributed by atoms with Crippen LogP contribution in [0.4, 0.5) is 13.2 Å². The summed E-state index contributed by atoms with van der Waals surface area (Å²) in [6.07, 6.45) is -5.22. The number of fused-ring (bicyclic) bond motifs is 2. The molecule has 7 N–H and O–H groups in total. The molecule has 0 aromatic rings. The van der Waals surface area contributed by atoms with Crippen LogP contribution in [0.5, 0.6) is 0 Å². The molecule has 10 atom stereocenters. The molecule has 9 nitrogen and oxygen atoms in total. The molecule has 6 aliphatic rings. The first kappa shape index (κ1) is 26.7. The lowest BCUT2D eigenvalue weighted by atomic mass is 9.35. The zero-order valence-corrected chi connectivity index (χ0v) is 19.7. The van der Waals surface area contributed by atoms with Crippen molar-refractivity contribution < 1.29 is 53.0 Å². The molecule has 2 spiro atoms. The Bertz CT molecular complexity index is 898. The molecule has 0 unspecified atom stereocenters. The number of aliphatic carboxylic acids is 1. The number of carbonyl (C=O) groups is 2. The van der Waals surface area contributed by atoms with Crippen molar-refractivity contribution in [2.24, 2.45) is 45.7 Å². The minimum absolute atomic E-state index is 0.106. The van der Waals surface area contributed by atoms with Gasteiger partial charge in [0.2, 0.25) is 5.79 Å². The molecule has 0 aromatic carbocycles. The van der Waals surface area contributed by atoms with E-state index in [0.717, 1.165) is 6.42 Å². The maximum absolute atomic E-state index is 13.8. The maximum atomic E-state index is 13.8. The molecular formula is C23H34F3NO8. The lowest BCUT2D eigenvalue weighted by molar-refractivity contribution is -0.458. The van der Waals surface area contributed by atoms with E-state index in [1.165, 1.54) is 0 Å². The average molecular weight is 510 g/mol. The number of alkyl halides is 3. The summed E-state index contributed by atoms with van der Waals surface area (Å²) in [4.78, 5) is 22.7. The summed E-state index contributed by atoms with van der Waals surface area (Å²) in [5, 5.41) is 52.9. The Morgan fingerprint density at radius 1 is 1.14 bits per heavy atom. The van der Waals surface area contributed by atoms with Gasteiger partial charge in [-0.05, 0) is 55.9 Å². The molecule has 4 bridgehead atoms. The van der Waals surface area contributed by atoms with E-state index >= 15 is 0 Å². The lowest BCUT2D eigenvalue weighted by Gasteiger charge is -2.74. The SMILES string of the molecule is CC1(C)CC[C@H](O)[C@]23CO[C@](O)([C@@H](O)[C@H]12)[C@]12C(=O)[C@@H](CCN)[C@H](CC[C@@H]31)[C@H]2O.O=C(O)C(F)(F)F. The summed E-state index contributed by atoms with van der Waals surface area (Å²) in [5.74, 6) is -6.65. The van der Waals surface area contributed by atoms with Gasteiger partial charge in [0, 0.05) is 17.3 Å². The summed E-state index contributed by atoms with van der Waals surface area (Å²) < 4.78 is 37.6. The third kappa shape index (κ3) is 3.16. The lowest BCUT2D eigenvalue weighted by Crippen LogP contribution is -2.85. The fourth-order valence-electron chi connectivity index (χ4n) is 8.62. The summed E-state index contributed by atoms with van der Waals surface area (Å²) in [6, 6.07) is 0. The summed E-state index contributed by atoms with van der Waals surface area (Å²) in [5.41, 5.74) is 3.00. The summed E-state index contributed by atoms with van der Waals surface area (Å²) >= 11 is 0. The van der Waals surface area contributed by atoms with Gasteiger partial charge in [-0.2, -0.15) is 13.2 Å². The molecule has 0 aromatic heterocycles. The first-order valence-corrected chi connectivity index (χ1v) is 12.0. The van der Waals surface area contributed by atoms with Gasteiger partial charge in [-0.1, -0.05) is 13.8 Å². The zero-order valence-electron chi connectivity index (χ0n) is 19.7. The largest absolute Gasteiger partial charge is 0.490 e. The number of Topliss-reactive ketones (excluding diaryl/α,β-unsaturated/α-hetero) is 1. The molecule has 0 amide bonds. The van der Waals surface area contributed by atoms with E-state index < -0.39 is 64.8 Å². The molecule has 0 radical (unpaired) electrons. The molecule has 35 heavy (non-hydrogen) atoms. The highest BCUT2D eigenvalue weighted by molar-refractivity contribution is 5.93. The molecule has 4 saturated carbocycles. The second kappa shape index (κ2) is 8.09. The molecule has 2 aliphatic heterocycles. The van der Waals surface area contributed by atoms with E-state index in [0.29, 0.717) is 32.2 Å². The van der Waals surface area contributed by atoms with Crippen LogP contribution in [0.15, 0.2) is 0 Å². The third-order valence-corrected chi connectivity index (χ3v) is 9.80. The van der Waals surface area contributed by atoms with Crippen molar-refractivity contribution in [3.05, 3.63) is 0 Å². The highest BCUT2D eigenvalue weighted by Gasteiger charge is 2.87. The van der Waals surface area contributed by atoms with Crippen LogP contribution in [0.25, 0.3) is 0 Å². The van der Waals surface area contributed by atoms with E-state index in [1.807, 2.05) is 0 Å². The van der Waals surface area contributed by atoms with E-state index in [9.17, 15) is 38.4 Å². The summed E-state index contributed by atoms with van der Waals surface area (Å²) in [7, 11) is 0. The number of ketones is 1. The van der Waals surface area contributed by atoms with Gasteiger partial charge in [0.15, 0.2) is 5.78 Å². The Morgan fingerprint density at radius 2 is 1.74 bits per heavy atom. The Kier molecular flexibility index (Phi) is 6.18. The smallest absolute Gasteiger partial charge is 0.475 e. The first-order valence-electron chi connectivity index (χ1n) is 12.0. The van der Waals surface area contributed by atoms with Crippen molar-refractivity contribution in [1.29, 1.82) is 0 Å².